The smallest absolute Gasteiger partial charge is 0.330 e. The molecule has 0 unspecified atom stereocenters. The van der Waals surface area contributed by atoms with Crippen LogP contribution in [0.15, 0.2) is 30.3 Å². The first-order valence-corrected chi connectivity index (χ1v) is 7.21. The Hall–Kier alpha value is -2.34. The van der Waals surface area contributed by atoms with E-state index in [1.54, 1.807) is 0 Å². The maximum atomic E-state index is 11.9. The summed E-state index contributed by atoms with van der Waals surface area (Å²) in [5.41, 5.74) is 6.38. The Morgan fingerprint density at radius 3 is 2.59 bits per heavy atom. The van der Waals surface area contributed by atoms with E-state index in [0.29, 0.717) is 6.61 Å². The summed E-state index contributed by atoms with van der Waals surface area (Å²) in [6.07, 6.45) is 0. The van der Waals surface area contributed by atoms with Crippen molar-refractivity contribution >= 4 is 6.03 Å². The molecule has 22 heavy (non-hydrogen) atoms. The van der Waals surface area contributed by atoms with Gasteiger partial charge < -0.3 is 5.32 Å². The highest BCUT2D eigenvalue weighted by Gasteiger charge is 2.17. The predicted molar refractivity (Wildman–Crippen MR) is 84.0 cm³/mol. The van der Waals surface area contributed by atoms with Crippen molar-refractivity contribution in [3.63, 3.8) is 0 Å². The number of rotatable bonds is 5. The van der Waals surface area contributed by atoms with Crippen molar-refractivity contribution in [2.24, 2.45) is 7.05 Å². The van der Waals surface area contributed by atoms with Crippen LogP contribution in [0.1, 0.15) is 35.5 Å². The molecular formula is C16H22N4O2. The Kier molecular flexibility index (Phi) is 5.16. The Morgan fingerprint density at radius 1 is 1.32 bits per heavy atom. The van der Waals surface area contributed by atoms with Crippen molar-refractivity contribution in [3.8, 4) is 0 Å². The third-order valence-corrected chi connectivity index (χ3v) is 3.59. The van der Waals surface area contributed by atoms with Crippen LogP contribution in [0.4, 0.5) is 4.79 Å². The first kappa shape index (κ1) is 16.0. The van der Waals surface area contributed by atoms with E-state index in [4.69, 9.17) is 4.84 Å². The number of aromatic nitrogens is 2. The van der Waals surface area contributed by atoms with E-state index in [-0.39, 0.29) is 12.1 Å². The minimum atomic E-state index is -0.369. The van der Waals surface area contributed by atoms with E-state index in [1.807, 2.05) is 62.8 Å². The van der Waals surface area contributed by atoms with Crippen LogP contribution in [-0.4, -0.2) is 15.8 Å². The average molecular weight is 302 g/mol. The standard InChI is InChI=1S/C16H22N4O2/c1-11(15-12(2)18-20(4)13(15)3)17-16(21)19-22-10-14-8-6-5-7-9-14/h5-9,11H,10H2,1-4H3,(H2,17,19,21)/t11-/m0/s1. The van der Waals surface area contributed by atoms with Crippen molar-refractivity contribution in [3.05, 3.63) is 52.8 Å². The lowest BCUT2D eigenvalue weighted by molar-refractivity contribution is 0.0483. The van der Waals surface area contributed by atoms with Crippen LogP contribution in [0.3, 0.4) is 0 Å². The van der Waals surface area contributed by atoms with Crippen LogP contribution >= 0.6 is 0 Å². The third kappa shape index (κ3) is 3.85. The van der Waals surface area contributed by atoms with Crippen LogP contribution < -0.4 is 10.8 Å². The molecule has 0 bridgehead atoms. The van der Waals surface area contributed by atoms with Gasteiger partial charge in [0, 0.05) is 18.3 Å². The van der Waals surface area contributed by atoms with Gasteiger partial charge in [-0.2, -0.15) is 5.10 Å². The number of nitrogens with one attached hydrogen (secondary N) is 2. The van der Waals surface area contributed by atoms with Crippen LogP contribution in [0, 0.1) is 13.8 Å². The molecule has 0 fully saturated rings. The highest BCUT2D eigenvalue weighted by Crippen LogP contribution is 2.20. The summed E-state index contributed by atoms with van der Waals surface area (Å²) in [6.45, 7) is 6.17. The third-order valence-electron chi connectivity index (χ3n) is 3.59. The van der Waals surface area contributed by atoms with Crippen molar-refractivity contribution in [2.75, 3.05) is 0 Å². The number of hydrogen-bond acceptors (Lipinski definition) is 3. The molecule has 2 rings (SSSR count). The molecule has 6 nitrogen and oxygen atoms in total. The number of amides is 2. The van der Waals surface area contributed by atoms with Gasteiger partial charge in [-0.25, -0.2) is 10.3 Å². The van der Waals surface area contributed by atoms with E-state index in [1.165, 1.54) is 0 Å². The highest BCUT2D eigenvalue weighted by molar-refractivity contribution is 5.73. The lowest BCUT2D eigenvalue weighted by atomic mass is 10.1. The van der Waals surface area contributed by atoms with Gasteiger partial charge in [0.25, 0.3) is 0 Å². The number of urea groups is 1. The summed E-state index contributed by atoms with van der Waals surface area (Å²) >= 11 is 0. The van der Waals surface area contributed by atoms with Crippen molar-refractivity contribution in [1.82, 2.24) is 20.6 Å². The lowest BCUT2D eigenvalue weighted by Gasteiger charge is -2.15. The molecule has 6 heteroatoms. The quantitative estimate of drug-likeness (QED) is 0.834. The first-order valence-electron chi connectivity index (χ1n) is 7.21. The Bertz CT molecular complexity index is 637. The largest absolute Gasteiger partial charge is 0.339 e. The Balaban J connectivity index is 1.84. The van der Waals surface area contributed by atoms with Crippen molar-refractivity contribution in [1.29, 1.82) is 0 Å². The van der Waals surface area contributed by atoms with E-state index in [9.17, 15) is 4.79 Å². The zero-order chi connectivity index (χ0) is 16.1. The molecule has 1 aromatic carbocycles. The molecule has 1 atom stereocenters. The first-order chi connectivity index (χ1) is 10.5. The molecule has 0 spiro atoms. The number of nitrogens with zero attached hydrogens (tertiary/aromatic N) is 2. The number of hydrogen-bond donors (Lipinski definition) is 2. The summed E-state index contributed by atoms with van der Waals surface area (Å²) < 4.78 is 1.81. The van der Waals surface area contributed by atoms with E-state index >= 15 is 0 Å². The fraction of sp³-hybridized carbons (Fsp3) is 0.375. The minimum absolute atomic E-state index is 0.144. The van der Waals surface area contributed by atoms with Gasteiger partial charge in [-0.1, -0.05) is 30.3 Å². The van der Waals surface area contributed by atoms with Gasteiger partial charge in [-0.05, 0) is 26.3 Å². The second kappa shape index (κ2) is 7.09. The number of benzene rings is 1. The number of carbonyl (C=O) groups excluding carboxylic acids is 1. The lowest BCUT2D eigenvalue weighted by Crippen LogP contribution is -2.37. The van der Waals surface area contributed by atoms with Gasteiger partial charge in [-0.3, -0.25) is 9.52 Å². The maximum absolute atomic E-state index is 11.9. The fourth-order valence-corrected chi connectivity index (χ4v) is 2.47. The zero-order valence-electron chi connectivity index (χ0n) is 13.4. The molecule has 1 heterocycles. The summed E-state index contributed by atoms with van der Waals surface area (Å²) in [4.78, 5) is 17.1. The molecule has 0 radical (unpaired) electrons. The second-order valence-electron chi connectivity index (χ2n) is 5.28. The predicted octanol–water partition coefficient (Wildman–Crippen LogP) is 2.53. The van der Waals surface area contributed by atoms with Gasteiger partial charge in [0.2, 0.25) is 0 Å². The molecule has 0 aliphatic rings. The molecule has 0 saturated heterocycles. The fourth-order valence-electron chi connectivity index (χ4n) is 2.47. The molecule has 2 aromatic rings. The van der Waals surface area contributed by atoms with Crippen LogP contribution in [0.5, 0.6) is 0 Å². The topological polar surface area (TPSA) is 68.2 Å². The number of carbonyl (C=O) groups is 1. The van der Waals surface area contributed by atoms with Crippen LogP contribution in [-0.2, 0) is 18.5 Å². The summed E-state index contributed by atoms with van der Waals surface area (Å²) in [5.74, 6) is 0. The Labute approximate surface area is 130 Å². The molecule has 0 saturated carbocycles. The van der Waals surface area contributed by atoms with Gasteiger partial charge in [-0.15, -0.1) is 0 Å². The molecule has 0 aliphatic carbocycles. The molecule has 1 aromatic heterocycles. The molecule has 2 amide bonds. The second-order valence-corrected chi connectivity index (χ2v) is 5.28. The van der Waals surface area contributed by atoms with E-state index in [2.05, 4.69) is 15.9 Å². The SMILES string of the molecule is Cc1nn(C)c(C)c1[C@H](C)NC(=O)NOCc1ccccc1. The van der Waals surface area contributed by atoms with Crippen LogP contribution in [0.25, 0.3) is 0 Å². The van der Waals surface area contributed by atoms with E-state index < -0.39 is 0 Å². The van der Waals surface area contributed by atoms with Gasteiger partial charge in [0.05, 0.1) is 18.3 Å². The summed E-state index contributed by atoms with van der Waals surface area (Å²) in [6, 6.07) is 9.14. The van der Waals surface area contributed by atoms with E-state index in [0.717, 1.165) is 22.5 Å². The maximum Gasteiger partial charge on any atom is 0.339 e. The minimum Gasteiger partial charge on any atom is -0.330 e. The van der Waals surface area contributed by atoms with Gasteiger partial charge in [0.1, 0.15) is 0 Å². The zero-order valence-corrected chi connectivity index (χ0v) is 13.4. The molecular weight excluding hydrogens is 280 g/mol. The van der Waals surface area contributed by atoms with Crippen molar-refractivity contribution < 1.29 is 9.63 Å². The summed E-state index contributed by atoms with van der Waals surface area (Å²) in [5, 5.41) is 7.20. The number of aryl methyl sites for hydroxylation is 2. The Morgan fingerprint density at radius 2 is 2.00 bits per heavy atom. The molecule has 118 valence electrons. The van der Waals surface area contributed by atoms with Gasteiger partial charge in [0.15, 0.2) is 0 Å². The van der Waals surface area contributed by atoms with Gasteiger partial charge >= 0.3 is 6.03 Å². The molecule has 2 N–H and O–H groups in total. The van der Waals surface area contributed by atoms with Crippen molar-refractivity contribution in [2.45, 2.75) is 33.4 Å². The number of hydroxylamine groups is 1. The normalized spacial score (nSPS) is 12.0. The molecule has 0 aliphatic heterocycles. The monoisotopic (exact) mass is 302 g/mol. The summed E-state index contributed by atoms with van der Waals surface area (Å²) in [7, 11) is 1.89. The average Bonchev–Trinajstić information content (AvgIpc) is 2.73. The van der Waals surface area contributed by atoms with Crippen LogP contribution in [0.2, 0.25) is 0 Å². The highest BCUT2D eigenvalue weighted by atomic mass is 16.7.